The first-order chi connectivity index (χ1) is 8.20. The number of nitrogens with zero attached hydrogens (tertiary/aromatic N) is 3. The molecule has 0 aliphatic rings. The summed E-state index contributed by atoms with van der Waals surface area (Å²) in [5, 5.41) is 11.2. The van der Waals surface area contributed by atoms with Crippen molar-refractivity contribution in [3.63, 3.8) is 0 Å². The summed E-state index contributed by atoms with van der Waals surface area (Å²) in [5.74, 6) is -0.284. The Morgan fingerprint density at radius 3 is 3.00 bits per heavy atom. The Morgan fingerprint density at radius 1 is 1.47 bits per heavy atom. The molecule has 1 heterocycles. The molecule has 4 nitrogen and oxygen atoms in total. The number of nitrogens with one attached hydrogen (secondary N) is 1. The highest BCUT2D eigenvalue weighted by atomic mass is 79.9. The van der Waals surface area contributed by atoms with Crippen LogP contribution < -0.4 is 5.32 Å². The maximum Gasteiger partial charge on any atom is 0.124 e. The van der Waals surface area contributed by atoms with Crippen molar-refractivity contribution in [2.24, 2.45) is 0 Å². The summed E-state index contributed by atoms with van der Waals surface area (Å²) in [4.78, 5) is 0. The number of aromatic nitrogens is 3. The van der Waals surface area contributed by atoms with E-state index < -0.39 is 0 Å². The van der Waals surface area contributed by atoms with E-state index in [1.54, 1.807) is 10.7 Å². The van der Waals surface area contributed by atoms with Gasteiger partial charge in [0.05, 0.1) is 17.6 Å². The fourth-order valence-electron chi connectivity index (χ4n) is 1.42. The number of hydrogen-bond acceptors (Lipinski definition) is 3. The molecule has 0 aliphatic carbocycles. The highest BCUT2D eigenvalue weighted by molar-refractivity contribution is 9.10. The zero-order chi connectivity index (χ0) is 12.3. The summed E-state index contributed by atoms with van der Waals surface area (Å²) in [6, 6.07) is 4.46. The van der Waals surface area contributed by atoms with Crippen LogP contribution in [0.4, 0.5) is 4.39 Å². The fraction of sp³-hybridized carbons (Fsp3) is 0.273. The van der Waals surface area contributed by atoms with E-state index in [2.05, 4.69) is 31.6 Å². The van der Waals surface area contributed by atoms with Crippen molar-refractivity contribution in [2.75, 3.05) is 6.54 Å². The second-order valence-corrected chi connectivity index (χ2v) is 4.38. The van der Waals surface area contributed by atoms with Crippen molar-refractivity contribution in [2.45, 2.75) is 13.5 Å². The summed E-state index contributed by atoms with van der Waals surface area (Å²) < 4.78 is 15.2. The van der Waals surface area contributed by atoms with E-state index in [0.717, 1.165) is 17.9 Å². The zero-order valence-corrected chi connectivity index (χ0v) is 10.9. The average Bonchev–Trinajstić information content (AvgIpc) is 2.75. The Bertz CT molecular complexity index is 512. The zero-order valence-electron chi connectivity index (χ0n) is 9.32. The van der Waals surface area contributed by atoms with Gasteiger partial charge in [0.15, 0.2) is 0 Å². The number of halogens is 2. The molecule has 0 bridgehead atoms. The second kappa shape index (κ2) is 5.37. The summed E-state index contributed by atoms with van der Waals surface area (Å²) in [6.45, 7) is 3.59. The Labute approximate surface area is 107 Å². The van der Waals surface area contributed by atoms with Crippen LogP contribution in [0.3, 0.4) is 0 Å². The number of benzene rings is 1. The molecule has 1 aromatic carbocycles. The van der Waals surface area contributed by atoms with Crippen LogP contribution in [-0.4, -0.2) is 21.5 Å². The SMILES string of the molecule is CCNCc1cn(-c2ccc(F)cc2Br)nn1. The van der Waals surface area contributed by atoms with Crippen LogP contribution in [0.1, 0.15) is 12.6 Å². The Hall–Kier alpha value is -1.27. The van der Waals surface area contributed by atoms with Crippen molar-refractivity contribution < 1.29 is 4.39 Å². The first-order valence-corrected chi connectivity index (χ1v) is 6.07. The molecule has 0 aliphatic heterocycles. The molecule has 6 heteroatoms. The van der Waals surface area contributed by atoms with E-state index in [1.165, 1.54) is 12.1 Å². The molecule has 0 atom stereocenters. The maximum atomic E-state index is 12.9. The largest absolute Gasteiger partial charge is 0.311 e. The molecule has 1 N–H and O–H groups in total. The summed E-state index contributed by atoms with van der Waals surface area (Å²) in [5.41, 5.74) is 1.62. The van der Waals surface area contributed by atoms with E-state index in [-0.39, 0.29) is 5.82 Å². The molecular formula is C11H12BrFN4. The van der Waals surface area contributed by atoms with Gasteiger partial charge in [0.1, 0.15) is 5.82 Å². The van der Waals surface area contributed by atoms with Gasteiger partial charge in [-0.1, -0.05) is 12.1 Å². The van der Waals surface area contributed by atoms with E-state index in [0.29, 0.717) is 11.0 Å². The van der Waals surface area contributed by atoms with Gasteiger partial charge in [0.25, 0.3) is 0 Å². The smallest absolute Gasteiger partial charge is 0.124 e. The van der Waals surface area contributed by atoms with Crippen molar-refractivity contribution in [1.82, 2.24) is 20.3 Å². The van der Waals surface area contributed by atoms with E-state index in [9.17, 15) is 4.39 Å². The summed E-state index contributed by atoms with van der Waals surface area (Å²) >= 11 is 3.30. The minimum Gasteiger partial charge on any atom is -0.311 e. The van der Waals surface area contributed by atoms with Crippen molar-refractivity contribution in [3.05, 3.63) is 40.4 Å². The monoisotopic (exact) mass is 298 g/mol. The van der Waals surface area contributed by atoms with Gasteiger partial charge in [-0.3, -0.25) is 0 Å². The lowest BCUT2D eigenvalue weighted by Crippen LogP contribution is -2.11. The molecule has 0 saturated heterocycles. The quantitative estimate of drug-likeness (QED) is 0.942. The van der Waals surface area contributed by atoms with Crippen molar-refractivity contribution >= 4 is 15.9 Å². The first-order valence-electron chi connectivity index (χ1n) is 5.28. The minimum absolute atomic E-state index is 0.284. The third-order valence-corrected chi connectivity index (χ3v) is 2.89. The van der Waals surface area contributed by atoms with Crippen LogP contribution in [0.5, 0.6) is 0 Å². The molecule has 2 aromatic rings. The van der Waals surface area contributed by atoms with Gasteiger partial charge in [0, 0.05) is 11.0 Å². The summed E-state index contributed by atoms with van der Waals surface area (Å²) in [7, 11) is 0. The average molecular weight is 299 g/mol. The van der Waals surface area contributed by atoms with Gasteiger partial charge in [0.2, 0.25) is 0 Å². The molecule has 0 radical (unpaired) electrons. The molecule has 0 saturated carbocycles. The highest BCUT2D eigenvalue weighted by Crippen LogP contribution is 2.21. The molecule has 0 amide bonds. The van der Waals surface area contributed by atoms with Gasteiger partial charge < -0.3 is 5.32 Å². The number of rotatable bonds is 4. The first kappa shape index (κ1) is 12.2. The third-order valence-electron chi connectivity index (χ3n) is 2.25. The predicted molar refractivity (Wildman–Crippen MR) is 66.4 cm³/mol. The molecule has 0 spiro atoms. The van der Waals surface area contributed by atoms with Gasteiger partial charge in [-0.25, -0.2) is 9.07 Å². The van der Waals surface area contributed by atoms with Gasteiger partial charge in [-0.2, -0.15) is 0 Å². The standard InChI is InChI=1S/C11H12BrFN4/c1-2-14-6-9-7-17(16-15-9)11-4-3-8(13)5-10(11)12/h3-5,7,14H,2,6H2,1H3. The molecular weight excluding hydrogens is 287 g/mol. The topological polar surface area (TPSA) is 42.7 Å². The lowest BCUT2D eigenvalue weighted by atomic mass is 10.3. The Kier molecular flexibility index (Phi) is 3.86. The van der Waals surface area contributed by atoms with Gasteiger partial charge in [-0.15, -0.1) is 5.10 Å². The van der Waals surface area contributed by atoms with Gasteiger partial charge in [-0.05, 0) is 40.7 Å². The Morgan fingerprint density at radius 2 is 2.29 bits per heavy atom. The second-order valence-electron chi connectivity index (χ2n) is 3.53. The van der Waals surface area contributed by atoms with Crippen molar-refractivity contribution in [3.8, 4) is 5.69 Å². The third kappa shape index (κ3) is 2.89. The molecule has 90 valence electrons. The number of hydrogen-bond donors (Lipinski definition) is 1. The molecule has 0 fully saturated rings. The van der Waals surface area contributed by atoms with E-state index >= 15 is 0 Å². The maximum absolute atomic E-state index is 12.9. The summed E-state index contributed by atoms with van der Waals surface area (Å²) in [6.07, 6.45) is 1.82. The fourth-order valence-corrected chi connectivity index (χ4v) is 1.95. The molecule has 0 unspecified atom stereocenters. The molecule has 17 heavy (non-hydrogen) atoms. The van der Waals surface area contributed by atoms with Crippen LogP contribution in [0, 0.1) is 5.82 Å². The highest BCUT2D eigenvalue weighted by Gasteiger charge is 2.06. The van der Waals surface area contributed by atoms with Crippen LogP contribution in [0.15, 0.2) is 28.9 Å². The van der Waals surface area contributed by atoms with Gasteiger partial charge >= 0.3 is 0 Å². The van der Waals surface area contributed by atoms with Crippen LogP contribution in [0.2, 0.25) is 0 Å². The van der Waals surface area contributed by atoms with E-state index in [1.807, 2.05) is 13.1 Å². The Balaban J connectivity index is 2.24. The predicted octanol–water partition coefficient (Wildman–Crippen LogP) is 2.28. The van der Waals surface area contributed by atoms with Crippen LogP contribution in [0.25, 0.3) is 5.69 Å². The lowest BCUT2D eigenvalue weighted by Gasteiger charge is -2.02. The van der Waals surface area contributed by atoms with Crippen LogP contribution >= 0.6 is 15.9 Å². The van der Waals surface area contributed by atoms with Crippen molar-refractivity contribution in [1.29, 1.82) is 0 Å². The molecule has 2 rings (SSSR count). The minimum atomic E-state index is -0.284. The van der Waals surface area contributed by atoms with Crippen LogP contribution in [-0.2, 0) is 6.54 Å². The normalized spacial score (nSPS) is 10.8. The lowest BCUT2D eigenvalue weighted by molar-refractivity contribution is 0.625. The van der Waals surface area contributed by atoms with E-state index in [4.69, 9.17) is 0 Å². The molecule has 1 aromatic heterocycles.